The van der Waals surface area contributed by atoms with Gasteiger partial charge in [0, 0.05) is 18.1 Å². The molecule has 3 rings (SSSR count). The fourth-order valence-corrected chi connectivity index (χ4v) is 3.21. The number of nitrogens with one attached hydrogen (secondary N) is 1. The van der Waals surface area contributed by atoms with E-state index in [1.807, 2.05) is 49.3 Å². The van der Waals surface area contributed by atoms with Crippen LogP contribution in [-0.4, -0.2) is 52.3 Å². The molecule has 162 valence electrons. The van der Waals surface area contributed by atoms with Crippen LogP contribution in [0.25, 0.3) is 5.69 Å². The fourth-order valence-electron chi connectivity index (χ4n) is 3.08. The van der Waals surface area contributed by atoms with Gasteiger partial charge in [0.25, 0.3) is 11.5 Å². The van der Waals surface area contributed by atoms with Gasteiger partial charge in [-0.15, -0.1) is 0 Å². The molecule has 0 saturated carbocycles. The lowest BCUT2D eigenvalue weighted by molar-refractivity contribution is 0.0941. The van der Waals surface area contributed by atoms with Crippen LogP contribution in [0, 0.1) is 0 Å². The van der Waals surface area contributed by atoms with E-state index in [1.54, 1.807) is 31.2 Å². The van der Waals surface area contributed by atoms with Gasteiger partial charge in [-0.05, 0) is 50.8 Å². The van der Waals surface area contributed by atoms with Gasteiger partial charge in [-0.1, -0.05) is 41.9 Å². The van der Waals surface area contributed by atoms with Crippen molar-refractivity contribution in [1.82, 2.24) is 24.6 Å². The van der Waals surface area contributed by atoms with Crippen molar-refractivity contribution in [3.8, 4) is 5.69 Å². The molecular weight excluding hydrogens is 418 g/mol. The highest BCUT2D eigenvalue weighted by Crippen LogP contribution is 2.15. The second-order valence-corrected chi connectivity index (χ2v) is 7.78. The van der Waals surface area contributed by atoms with Crippen molar-refractivity contribution < 1.29 is 4.79 Å². The zero-order chi connectivity index (χ0) is 22.5. The van der Waals surface area contributed by atoms with Crippen molar-refractivity contribution >= 4 is 17.5 Å². The molecule has 0 aliphatic rings. The van der Waals surface area contributed by atoms with Crippen LogP contribution < -0.4 is 16.6 Å². The molecule has 9 heteroatoms. The summed E-state index contributed by atoms with van der Waals surface area (Å²) in [4.78, 5) is 41.1. The maximum Gasteiger partial charge on any atom is 0.352 e. The number of benzene rings is 2. The second kappa shape index (κ2) is 9.72. The van der Waals surface area contributed by atoms with Crippen molar-refractivity contribution in [3.05, 3.63) is 91.7 Å². The first-order chi connectivity index (χ1) is 14.8. The number of aromatic nitrogens is 3. The summed E-state index contributed by atoms with van der Waals surface area (Å²) in [5.41, 5.74) is -0.584. The molecule has 0 bridgehead atoms. The van der Waals surface area contributed by atoms with Gasteiger partial charge in [-0.2, -0.15) is 9.78 Å². The zero-order valence-corrected chi connectivity index (χ0v) is 18.3. The Morgan fingerprint density at radius 3 is 2.35 bits per heavy atom. The summed E-state index contributed by atoms with van der Waals surface area (Å²) in [6.45, 7) is 2.66. The number of likely N-dealkylation sites (N-methyl/N-ethyl adjacent to an activating group) is 1. The van der Waals surface area contributed by atoms with Crippen molar-refractivity contribution in [2.24, 2.45) is 0 Å². The van der Waals surface area contributed by atoms with Gasteiger partial charge in [0.2, 0.25) is 5.69 Å². The molecule has 0 unspecified atom stereocenters. The summed E-state index contributed by atoms with van der Waals surface area (Å²) >= 11 is 5.96. The average Bonchev–Trinajstić information content (AvgIpc) is 2.75. The van der Waals surface area contributed by atoms with Crippen LogP contribution in [0.15, 0.2) is 64.2 Å². The number of carbonyl (C=O) groups is 1. The van der Waals surface area contributed by atoms with Gasteiger partial charge < -0.3 is 10.2 Å². The second-order valence-electron chi connectivity index (χ2n) is 7.34. The number of hydrogen-bond acceptors (Lipinski definition) is 5. The Morgan fingerprint density at radius 2 is 1.74 bits per heavy atom. The minimum absolute atomic E-state index is 0.335. The largest absolute Gasteiger partial charge is 0.352 e. The highest BCUT2D eigenvalue weighted by Gasteiger charge is 2.23. The smallest absolute Gasteiger partial charge is 0.349 e. The SMILES string of the molecule is C[C@@H](c1ccccc1)n1c(=O)c(C(=O)NCCN(C)C)nn(-c2ccc(Cl)cc2)c1=O. The van der Waals surface area contributed by atoms with E-state index in [-0.39, 0.29) is 5.69 Å². The van der Waals surface area contributed by atoms with Crippen molar-refractivity contribution in [2.75, 3.05) is 27.2 Å². The fraction of sp³-hybridized carbons (Fsp3) is 0.273. The third kappa shape index (κ3) is 5.10. The molecule has 1 atom stereocenters. The molecule has 0 aliphatic carbocycles. The first-order valence-electron chi connectivity index (χ1n) is 9.79. The molecule has 1 N–H and O–H groups in total. The number of hydrogen-bond donors (Lipinski definition) is 1. The monoisotopic (exact) mass is 441 g/mol. The molecule has 0 fully saturated rings. The molecule has 0 spiro atoms. The molecule has 0 radical (unpaired) electrons. The first kappa shape index (κ1) is 22.5. The van der Waals surface area contributed by atoms with Crippen LogP contribution in [0.4, 0.5) is 0 Å². The van der Waals surface area contributed by atoms with Crippen LogP contribution in [0.5, 0.6) is 0 Å². The lowest BCUT2D eigenvalue weighted by atomic mass is 10.1. The number of carbonyl (C=O) groups excluding carboxylic acids is 1. The van der Waals surface area contributed by atoms with Gasteiger partial charge in [-0.25, -0.2) is 9.36 Å². The molecule has 1 amide bonds. The number of amides is 1. The summed E-state index contributed by atoms with van der Waals surface area (Å²) in [6, 6.07) is 15.0. The van der Waals surface area contributed by atoms with E-state index in [4.69, 9.17) is 11.6 Å². The van der Waals surface area contributed by atoms with Crippen LogP contribution in [0.2, 0.25) is 5.02 Å². The summed E-state index contributed by atoms with van der Waals surface area (Å²) < 4.78 is 2.11. The first-order valence-corrected chi connectivity index (χ1v) is 10.2. The normalized spacial score (nSPS) is 12.0. The van der Waals surface area contributed by atoms with E-state index in [0.717, 1.165) is 14.8 Å². The summed E-state index contributed by atoms with van der Waals surface area (Å²) in [7, 11) is 3.75. The van der Waals surface area contributed by atoms with E-state index in [2.05, 4.69) is 10.4 Å². The predicted octanol–water partition coefficient (Wildman–Crippen LogP) is 1.95. The predicted molar refractivity (Wildman–Crippen MR) is 120 cm³/mol. The maximum atomic E-state index is 13.3. The van der Waals surface area contributed by atoms with Crippen LogP contribution in [0.1, 0.15) is 29.0 Å². The van der Waals surface area contributed by atoms with Crippen LogP contribution in [-0.2, 0) is 0 Å². The number of halogens is 1. The Bertz CT molecular complexity index is 1170. The molecule has 0 saturated heterocycles. The Morgan fingerprint density at radius 1 is 1.10 bits per heavy atom. The van der Waals surface area contributed by atoms with Crippen molar-refractivity contribution in [2.45, 2.75) is 13.0 Å². The molecular formula is C22H24ClN5O3. The molecule has 8 nitrogen and oxygen atoms in total. The van der Waals surface area contributed by atoms with Crippen molar-refractivity contribution in [1.29, 1.82) is 0 Å². The Hall–Kier alpha value is -3.23. The van der Waals surface area contributed by atoms with E-state index in [1.165, 1.54) is 0 Å². The standard InChI is InChI=1S/C22H24ClN5O3/c1-15(16-7-5-4-6-8-16)27-21(30)19(20(29)24-13-14-26(2)3)25-28(22(27)31)18-11-9-17(23)10-12-18/h4-12,15H,13-14H2,1-3H3,(H,24,29)/t15-/m0/s1. The Balaban J connectivity index is 2.15. The minimum Gasteiger partial charge on any atom is -0.349 e. The molecule has 3 aromatic rings. The highest BCUT2D eigenvalue weighted by atomic mass is 35.5. The molecule has 1 heterocycles. The van der Waals surface area contributed by atoms with Crippen molar-refractivity contribution in [3.63, 3.8) is 0 Å². The van der Waals surface area contributed by atoms with Gasteiger partial charge in [0.15, 0.2) is 0 Å². The van der Waals surface area contributed by atoms with E-state index < -0.39 is 23.2 Å². The maximum absolute atomic E-state index is 13.3. The van der Waals surface area contributed by atoms with E-state index in [9.17, 15) is 14.4 Å². The van der Waals surface area contributed by atoms with E-state index >= 15 is 0 Å². The lowest BCUT2D eigenvalue weighted by Gasteiger charge is -2.18. The average molecular weight is 442 g/mol. The summed E-state index contributed by atoms with van der Waals surface area (Å²) in [6.07, 6.45) is 0. The minimum atomic E-state index is -0.742. The van der Waals surface area contributed by atoms with Gasteiger partial charge in [0.05, 0.1) is 11.7 Å². The summed E-state index contributed by atoms with van der Waals surface area (Å²) in [5, 5.41) is 7.29. The third-order valence-electron chi connectivity index (χ3n) is 4.81. The van der Waals surface area contributed by atoms with Gasteiger partial charge in [0.1, 0.15) is 0 Å². The topological polar surface area (TPSA) is 89.2 Å². The Kier molecular flexibility index (Phi) is 7.04. The number of nitrogens with zero attached hydrogens (tertiary/aromatic N) is 4. The van der Waals surface area contributed by atoms with Gasteiger partial charge >= 0.3 is 5.69 Å². The van der Waals surface area contributed by atoms with Crippen LogP contribution in [0.3, 0.4) is 0 Å². The zero-order valence-electron chi connectivity index (χ0n) is 17.6. The Labute approximate surface area is 184 Å². The summed E-state index contributed by atoms with van der Waals surface area (Å²) in [5.74, 6) is -0.636. The quantitative estimate of drug-likeness (QED) is 0.605. The lowest BCUT2D eigenvalue weighted by Crippen LogP contribution is -2.47. The molecule has 1 aromatic heterocycles. The molecule has 0 aliphatic heterocycles. The number of rotatable bonds is 7. The third-order valence-corrected chi connectivity index (χ3v) is 5.06. The van der Waals surface area contributed by atoms with Gasteiger partial charge in [-0.3, -0.25) is 9.59 Å². The molecule has 2 aromatic carbocycles. The van der Waals surface area contributed by atoms with Crippen LogP contribution >= 0.6 is 11.6 Å². The molecule has 31 heavy (non-hydrogen) atoms. The van der Waals surface area contributed by atoms with E-state index in [0.29, 0.717) is 23.8 Å². The highest BCUT2D eigenvalue weighted by molar-refractivity contribution is 6.30.